The largest absolute Gasteiger partial charge is 0.493 e. The van der Waals surface area contributed by atoms with Gasteiger partial charge in [-0.25, -0.2) is 9.37 Å². The lowest BCUT2D eigenvalue weighted by atomic mass is 10.2. The highest BCUT2D eigenvalue weighted by atomic mass is 79.9. The van der Waals surface area contributed by atoms with Crippen molar-refractivity contribution in [1.82, 2.24) is 9.97 Å². The fourth-order valence-electron chi connectivity index (χ4n) is 2.02. The Morgan fingerprint density at radius 3 is 2.79 bits per heavy atom. The molecule has 3 aromatic rings. The first-order valence-electron chi connectivity index (χ1n) is 5.67. The number of fused-ring (bicyclic) bond motifs is 1. The highest BCUT2D eigenvalue weighted by molar-refractivity contribution is 9.10. The summed E-state index contributed by atoms with van der Waals surface area (Å²) in [4.78, 5) is 7.61. The number of hydrogen-bond donors (Lipinski definition) is 1. The summed E-state index contributed by atoms with van der Waals surface area (Å²) in [5.41, 5.74) is 2.32. The van der Waals surface area contributed by atoms with Gasteiger partial charge in [-0.2, -0.15) is 0 Å². The second-order valence-electron chi connectivity index (χ2n) is 4.07. The number of H-pyrrole nitrogens is 1. The van der Waals surface area contributed by atoms with Crippen molar-refractivity contribution in [2.45, 2.75) is 0 Å². The molecule has 1 heterocycles. The third-order valence-electron chi connectivity index (χ3n) is 2.86. The van der Waals surface area contributed by atoms with Crippen molar-refractivity contribution in [2.24, 2.45) is 0 Å². The van der Waals surface area contributed by atoms with Crippen molar-refractivity contribution in [2.75, 3.05) is 7.11 Å². The molecule has 0 atom stereocenters. The lowest BCUT2D eigenvalue weighted by Crippen LogP contribution is -1.93. The second-order valence-corrected chi connectivity index (χ2v) is 4.99. The molecule has 0 saturated carbocycles. The summed E-state index contributed by atoms with van der Waals surface area (Å²) < 4.78 is 19.6. The Morgan fingerprint density at radius 2 is 2.05 bits per heavy atom. The number of nitrogens with zero attached hydrogens (tertiary/aromatic N) is 1. The number of benzene rings is 2. The minimum atomic E-state index is -0.424. The first-order valence-corrected chi connectivity index (χ1v) is 6.46. The molecule has 5 heteroatoms. The number of nitrogens with one attached hydrogen (secondary N) is 1. The molecule has 0 bridgehead atoms. The summed E-state index contributed by atoms with van der Waals surface area (Å²) in [5.74, 6) is 0.341. The molecule has 19 heavy (non-hydrogen) atoms. The first kappa shape index (κ1) is 12.2. The molecule has 0 amide bonds. The molecular formula is C14H10BrFN2O. The number of halogens is 2. The molecule has 0 aliphatic carbocycles. The summed E-state index contributed by atoms with van der Waals surface area (Å²) >= 11 is 3.28. The van der Waals surface area contributed by atoms with Crippen LogP contribution >= 0.6 is 15.9 Å². The van der Waals surface area contributed by atoms with Crippen LogP contribution in [0.1, 0.15) is 0 Å². The summed E-state index contributed by atoms with van der Waals surface area (Å²) in [6, 6.07) is 10.8. The van der Waals surface area contributed by atoms with Crippen LogP contribution in [0.4, 0.5) is 4.39 Å². The summed E-state index contributed by atoms with van der Waals surface area (Å²) in [5, 5.41) is 0. The molecule has 0 saturated heterocycles. The number of rotatable bonds is 2. The van der Waals surface area contributed by atoms with Crippen molar-refractivity contribution in [1.29, 1.82) is 0 Å². The Balaban J connectivity index is 2.25. The van der Waals surface area contributed by atoms with Gasteiger partial charge in [0.15, 0.2) is 11.6 Å². The zero-order valence-electron chi connectivity index (χ0n) is 10.1. The highest BCUT2D eigenvalue weighted by Crippen LogP contribution is 2.34. The third-order valence-corrected chi connectivity index (χ3v) is 3.31. The van der Waals surface area contributed by atoms with Crippen LogP contribution in [-0.4, -0.2) is 17.1 Å². The first-order chi connectivity index (χ1) is 9.19. The van der Waals surface area contributed by atoms with Crippen LogP contribution in [0.25, 0.3) is 22.4 Å². The van der Waals surface area contributed by atoms with E-state index in [4.69, 9.17) is 4.74 Å². The molecule has 0 spiro atoms. The fourth-order valence-corrected chi connectivity index (χ4v) is 2.45. The monoisotopic (exact) mass is 320 g/mol. The lowest BCUT2D eigenvalue weighted by Gasteiger charge is -2.08. The summed E-state index contributed by atoms with van der Waals surface area (Å²) in [7, 11) is 1.44. The van der Waals surface area contributed by atoms with E-state index >= 15 is 0 Å². The van der Waals surface area contributed by atoms with Crippen molar-refractivity contribution in [3.05, 3.63) is 46.7 Å². The average molecular weight is 321 g/mol. The second kappa shape index (κ2) is 4.66. The quantitative estimate of drug-likeness (QED) is 0.770. The molecule has 3 rings (SSSR count). The standard InChI is InChI=1S/C14H10BrFN2O/c1-19-13-9(6-8(15)7-10(13)16)14-17-11-4-2-3-5-12(11)18-14/h2-7H,1H3,(H,17,18). The Kier molecular flexibility index (Phi) is 2.98. The van der Waals surface area contributed by atoms with Crippen LogP contribution in [0, 0.1) is 5.82 Å². The van der Waals surface area contributed by atoms with Crippen LogP contribution < -0.4 is 4.74 Å². The zero-order chi connectivity index (χ0) is 13.4. The van der Waals surface area contributed by atoms with Gasteiger partial charge < -0.3 is 9.72 Å². The van der Waals surface area contributed by atoms with E-state index < -0.39 is 5.82 Å². The van der Waals surface area contributed by atoms with Crippen LogP contribution in [0.15, 0.2) is 40.9 Å². The summed E-state index contributed by atoms with van der Waals surface area (Å²) in [6.07, 6.45) is 0. The third kappa shape index (κ3) is 2.10. The molecule has 0 unspecified atom stereocenters. The molecular weight excluding hydrogens is 311 g/mol. The molecule has 0 fully saturated rings. The van der Waals surface area contributed by atoms with Gasteiger partial charge in [0.25, 0.3) is 0 Å². The Hall–Kier alpha value is -1.88. The van der Waals surface area contributed by atoms with E-state index in [0.717, 1.165) is 11.0 Å². The van der Waals surface area contributed by atoms with Crippen LogP contribution in [0.2, 0.25) is 0 Å². The Bertz CT molecular complexity index is 721. The number of imidazole rings is 1. The van der Waals surface area contributed by atoms with E-state index in [1.165, 1.54) is 13.2 Å². The van der Waals surface area contributed by atoms with Gasteiger partial charge in [-0.1, -0.05) is 28.1 Å². The topological polar surface area (TPSA) is 37.9 Å². The van der Waals surface area contributed by atoms with Crippen LogP contribution in [0.5, 0.6) is 5.75 Å². The van der Waals surface area contributed by atoms with E-state index in [1.54, 1.807) is 6.07 Å². The van der Waals surface area contributed by atoms with Gasteiger partial charge in [0.1, 0.15) is 5.82 Å². The van der Waals surface area contributed by atoms with E-state index in [9.17, 15) is 4.39 Å². The molecule has 3 nitrogen and oxygen atoms in total. The van der Waals surface area contributed by atoms with Gasteiger partial charge in [0.05, 0.1) is 23.7 Å². The minimum Gasteiger partial charge on any atom is -0.493 e. The molecule has 1 aromatic heterocycles. The van der Waals surface area contributed by atoms with Crippen LogP contribution in [0.3, 0.4) is 0 Å². The SMILES string of the molecule is COc1c(F)cc(Br)cc1-c1nc2ccccc2[nH]1. The van der Waals surface area contributed by atoms with Gasteiger partial charge in [-0.15, -0.1) is 0 Å². The fraction of sp³-hybridized carbons (Fsp3) is 0.0714. The number of ether oxygens (including phenoxy) is 1. The van der Waals surface area contributed by atoms with Gasteiger partial charge >= 0.3 is 0 Å². The number of methoxy groups -OCH3 is 1. The average Bonchev–Trinajstić information content (AvgIpc) is 2.81. The number of para-hydroxylation sites is 2. The van der Waals surface area contributed by atoms with Crippen molar-refractivity contribution >= 4 is 27.0 Å². The summed E-state index contributed by atoms with van der Waals surface area (Å²) in [6.45, 7) is 0. The number of aromatic amines is 1. The number of aromatic nitrogens is 2. The molecule has 0 radical (unpaired) electrons. The Labute approximate surface area is 117 Å². The normalized spacial score (nSPS) is 10.9. The van der Waals surface area contributed by atoms with Gasteiger partial charge in [-0.3, -0.25) is 0 Å². The predicted molar refractivity (Wildman–Crippen MR) is 75.7 cm³/mol. The number of hydrogen-bond acceptors (Lipinski definition) is 2. The predicted octanol–water partition coefficient (Wildman–Crippen LogP) is 4.14. The maximum atomic E-state index is 13.9. The molecule has 2 aromatic carbocycles. The molecule has 0 aliphatic rings. The van der Waals surface area contributed by atoms with Crippen molar-refractivity contribution < 1.29 is 9.13 Å². The smallest absolute Gasteiger partial charge is 0.166 e. The maximum Gasteiger partial charge on any atom is 0.166 e. The van der Waals surface area contributed by atoms with Gasteiger partial charge in [0.2, 0.25) is 0 Å². The highest BCUT2D eigenvalue weighted by Gasteiger charge is 2.15. The van der Waals surface area contributed by atoms with Gasteiger partial charge in [0, 0.05) is 4.47 Å². The minimum absolute atomic E-state index is 0.183. The Morgan fingerprint density at radius 1 is 1.26 bits per heavy atom. The zero-order valence-corrected chi connectivity index (χ0v) is 11.7. The molecule has 0 aliphatic heterocycles. The molecule has 96 valence electrons. The van der Waals surface area contributed by atoms with E-state index in [0.29, 0.717) is 15.9 Å². The van der Waals surface area contributed by atoms with Crippen molar-refractivity contribution in [3.8, 4) is 17.1 Å². The van der Waals surface area contributed by atoms with Crippen LogP contribution in [-0.2, 0) is 0 Å². The molecule has 1 N–H and O–H groups in total. The van der Waals surface area contributed by atoms with Crippen molar-refractivity contribution in [3.63, 3.8) is 0 Å². The van der Waals surface area contributed by atoms with E-state index in [2.05, 4.69) is 25.9 Å². The van der Waals surface area contributed by atoms with Gasteiger partial charge in [-0.05, 0) is 24.3 Å². The maximum absolute atomic E-state index is 13.9. The lowest BCUT2D eigenvalue weighted by molar-refractivity contribution is 0.388. The van der Waals surface area contributed by atoms with E-state index in [-0.39, 0.29) is 5.75 Å². The van der Waals surface area contributed by atoms with E-state index in [1.807, 2.05) is 24.3 Å².